The van der Waals surface area contributed by atoms with Crippen LogP contribution in [0, 0.1) is 5.92 Å². The molecule has 2 rings (SSSR count). The van der Waals surface area contributed by atoms with Crippen molar-refractivity contribution in [2.24, 2.45) is 5.92 Å². The van der Waals surface area contributed by atoms with Crippen molar-refractivity contribution in [1.29, 1.82) is 0 Å². The Morgan fingerprint density at radius 2 is 2.28 bits per heavy atom. The van der Waals surface area contributed by atoms with E-state index in [9.17, 15) is 5.11 Å². The first-order valence-electron chi connectivity index (χ1n) is 7.39. The molecule has 1 heterocycles. The van der Waals surface area contributed by atoms with Gasteiger partial charge in [0.1, 0.15) is 0 Å². The van der Waals surface area contributed by atoms with E-state index in [0.717, 1.165) is 31.4 Å². The zero-order valence-corrected chi connectivity index (χ0v) is 11.6. The van der Waals surface area contributed by atoms with Crippen molar-refractivity contribution in [3.05, 3.63) is 29.6 Å². The minimum absolute atomic E-state index is 0.210. The molecule has 0 aromatic carbocycles. The highest BCUT2D eigenvalue weighted by molar-refractivity contribution is 5.29. The molecule has 0 aliphatic heterocycles. The van der Waals surface area contributed by atoms with E-state index in [-0.39, 0.29) is 12.0 Å². The van der Waals surface area contributed by atoms with Crippen LogP contribution in [0.1, 0.15) is 63.1 Å². The van der Waals surface area contributed by atoms with Crippen LogP contribution in [0.5, 0.6) is 0 Å². The summed E-state index contributed by atoms with van der Waals surface area (Å²) in [4.78, 5) is 4.50. The maximum Gasteiger partial charge on any atom is 0.0652 e. The Hall–Kier alpha value is -0.890. The first-order chi connectivity index (χ1) is 8.77. The largest absolute Gasteiger partial charge is 0.392 e. The Kier molecular flexibility index (Phi) is 4.76. The Morgan fingerprint density at radius 3 is 3.00 bits per heavy atom. The second-order valence-corrected chi connectivity index (χ2v) is 5.49. The van der Waals surface area contributed by atoms with E-state index in [4.69, 9.17) is 0 Å². The van der Waals surface area contributed by atoms with Gasteiger partial charge in [-0.15, -0.1) is 0 Å². The highest BCUT2D eigenvalue weighted by Gasteiger charge is 2.33. The van der Waals surface area contributed by atoms with Gasteiger partial charge >= 0.3 is 0 Å². The summed E-state index contributed by atoms with van der Waals surface area (Å²) in [5, 5.41) is 10.6. The van der Waals surface area contributed by atoms with Crippen LogP contribution in [-0.2, 0) is 6.42 Å². The molecule has 3 atom stereocenters. The number of nitrogens with zero attached hydrogens (tertiary/aromatic N) is 1. The summed E-state index contributed by atoms with van der Waals surface area (Å²) >= 11 is 0. The molecule has 0 spiro atoms. The predicted octanol–water partition coefficient (Wildman–Crippen LogP) is 3.69. The van der Waals surface area contributed by atoms with Crippen LogP contribution in [0.3, 0.4) is 0 Å². The van der Waals surface area contributed by atoms with Gasteiger partial charge in [0.2, 0.25) is 0 Å². The van der Waals surface area contributed by atoms with Gasteiger partial charge in [0.15, 0.2) is 0 Å². The molecular formula is C16H25NO. The van der Waals surface area contributed by atoms with Crippen LogP contribution in [0.2, 0.25) is 0 Å². The zero-order chi connectivity index (χ0) is 13.0. The van der Waals surface area contributed by atoms with Crippen molar-refractivity contribution in [1.82, 2.24) is 4.98 Å². The lowest BCUT2D eigenvalue weighted by atomic mass is 9.84. The molecule has 2 nitrogen and oxygen atoms in total. The SMILES string of the molecule is CCCCC(CC)C(O)C1CCc2cccnc21. The van der Waals surface area contributed by atoms with Gasteiger partial charge in [-0.2, -0.15) is 0 Å². The molecule has 3 unspecified atom stereocenters. The highest BCUT2D eigenvalue weighted by atomic mass is 16.3. The van der Waals surface area contributed by atoms with E-state index in [0.29, 0.717) is 5.92 Å². The third-order valence-electron chi connectivity index (χ3n) is 4.35. The van der Waals surface area contributed by atoms with Crippen LogP contribution < -0.4 is 0 Å². The van der Waals surface area contributed by atoms with Gasteiger partial charge < -0.3 is 5.11 Å². The fourth-order valence-corrected chi connectivity index (χ4v) is 3.19. The molecule has 2 heteroatoms. The number of aromatic nitrogens is 1. The van der Waals surface area contributed by atoms with Crippen LogP contribution in [-0.4, -0.2) is 16.2 Å². The molecule has 1 aliphatic carbocycles. The smallest absolute Gasteiger partial charge is 0.0652 e. The molecule has 1 aliphatic rings. The number of unbranched alkanes of at least 4 members (excludes halogenated alkanes) is 1. The number of fused-ring (bicyclic) bond motifs is 1. The summed E-state index contributed by atoms with van der Waals surface area (Å²) in [6.07, 6.45) is 8.44. The summed E-state index contributed by atoms with van der Waals surface area (Å²) < 4.78 is 0. The van der Waals surface area contributed by atoms with Gasteiger partial charge in [0.25, 0.3) is 0 Å². The molecule has 100 valence electrons. The quantitative estimate of drug-likeness (QED) is 0.831. The standard InChI is InChI=1S/C16H25NO/c1-3-5-7-12(4-2)16(18)14-10-9-13-8-6-11-17-15(13)14/h6,8,11-12,14,16,18H,3-5,7,9-10H2,1-2H3. The highest BCUT2D eigenvalue weighted by Crippen LogP contribution is 2.37. The fraction of sp³-hybridized carbons (Fsp3) is 0.688. The maximum atomic E-state index is 10.6. The van der Waals surface area contributed by atoms with Gasteiger partial charge in [-0.3, -0.25) is 4.98 Å². The molecule has 0 bridgehead atoms. The van der Waals surface area contributed by atoms with Crippen molar-refractivity contribution in [2.45, 2.75) is 64.4 Å². The summed E-state index contributed by atoms with van der Waals surface area (Å²) in [7, 11) is 0. The van der Waals surface area contributed by atoms with Crippen molar-refractivity contribution in [2.75, 3.05) is 0 Å². The van der Waals surface area contributed by atoms with Gasteiger partial charge in [-0.25, -0.2) is 0 Å². The molecule has 0 saturated carbocycles. The van der Waals surface area contributed by atoms with Crippen LogP contribution in [0.4, 0.5) is 0 Å². The fourth-order valence-electron chi connectivity index (χ4n) is 3.19. The third kappa shape index (κ3) is 2.74. The van der Waals surface area contributed by atoms with Crippen LogP contribution in [0.15, 0.2) is 18.3 Å². The summed E-state index contributed by atoms with van der Waals surface area (Å²) in [6.45, 7) is 4.41. The lowest BCUT2D eigenvalue weighted by Gasteiger charge is -2.26. The molecular weight excluding hydrogens is 222 g/mol. The Labute approximate surface area is 110 Å². The van der Waals surface area contributed by atoms with Gasteiger partial charge in [-0.05, 0) is 36.8 Å². The van der Waals surface area contributed by atoms with Gasteiger partial charge in [0.05, 0.1) is 6.10 Å². The average Bonchev–Trinajstić information content (AvgIpc) is 2.83. The molecule has 1 N–H and O–H groups in total. The maximum absolute atomic E-state index is 10.6. The monoisotopic (exact) mass is 247 g/mol. The number of hydrogen-bond donors (Lipinski definition) is 1. The summed E-state index contributed by atoms with van der Waals surface area (Å²) in [6, 6.07) is 4.16. The lowest BCUT2D eigenvalue weighted by Crippen LogP contribution is -2.26. The second-order valence-electron chi connectivity index (χ2n) is 5.49. The van der Waals surface area contributed by atoms with E-state index in [1.165, 1.54) is 18.4 Å². The molecule has 1 aromatic rings. The van der Waals surface area contributed by atoms with Crippen molar-refractivity contribution in [3.63, 3.8) is 0 Å². The predicted molar refractivity (Wildman–Crippen MR) is 74.6 cm³/mol. The molecule has 0 fully saturated rings. The Bertz CT molecular complexity index is 377. The topological polar surface area (TPSA) is 33.1 Å². The molecule has 0 saturated heterocycles. The second kappa shape index (κ2) is 6.33. The van der Waals surface area contributed by atoms with Gasteiger partial charge in [0, 0.05) is 17.8 Å². The number of pyridine rings is 1. The Balaban J connectivity index is 2.07. The number of aryl methyl sites for hydroxylation is 1. The zero-order valence-electron chi connectivity index (χ0n) is 11.6. The number of hydrogen-bond acceptors (Lipinski definition) is 2. The molecule has 18 heavy (non-hydrogen) atoms. The van der Waals surface area contributed by atoms with Crippen LogP contribution in [0.25, 0.3) is 0 Å². The van der Waals surface area contributed by atoms with Gasteiger partial charge in [-0.1, -0.05) is 39.2 Å². The lowest BCUT2D eigenvalue weighted by molar-refractivity contribution is 0.0712. The normalized spacial score (nSPS) is 21.6. The molecule has 0 amide bonds. The third-order valence-corrected chi connectivity index (χ3v) is 4.35. The minimum Gasteiger partial charge on any atom is -0.392 e. The van der Waals surface area contributed by atoms with E-state index in [1.807, 2.05) is 12.3 Å². The summed E-state index contributed by atoms with van der Waals surface area (Å²) in [5.74, 6) is 0.700. The average molecular weight is 247 g/mol. The van der Waals surface area contributed by atoms with E-state index >= 15 is 0 Å². The van der Waals surface area contributed by atoms with E-state index in [2.05, 4.69) is 24.9 Å². The Morgan fingerprint density at radius 1 is 1.44 bits per heavy atom. The van der Waals surface area contributed by atoms with Crippen molar-refractivity contribution >= 4 is 0 Å². The molecule has 1 aromatic heterocycles. The number of aliphatic hydroxyl groups excluding tert-OH is 1. The number of aliphatic hydroxyl groups is 1. The van der Waals surface area contributed by atoms with Crippen molar-refractivity contribution in [3.8, 4) is 0 Å². The minimum atomic E-state index is -0.210. The van der Waals surface area contributed by atoms with E-state index in [1.54, 1.807) is 0 Å². The van der Waals surface area contributed by atoms with E-state index < -0.39 is 0 Å². The van der Waals surface area contributed by atoms with Crippen LogP contribution >= 0.6 is 0 Å². The first kappa shape index (κ1) is 13.5. The summed E-state index contributed by atoms with van der Waals surface area (Å²) in [5.41, 5.74) is 2.49. The number of rotatable bonds is 6. The van der Waals surface area contributed by atoms with Crippen molar-refractivity contribution < 1.29 is 5.11 Å². The molecule has 0 radical (unpaired) electrons. The first-order valence-corrected chi connectivity index (χ1v) is 7.39.